The molecule has 1 aromatic rings. The Balaban J connectivity index is 1.61. The number of aryl methyl sites for hydroxylation is 2. The van der Waals surface area contributed by atoms with Crippen molar-refractivity contribution < 1.29 is 0 Å². The molecule has 1 atom stereocenters. The second-order valence-corrected chi connectivity index (χ2v) is 5.98. The summed E-state index contributed by atoms with van der Waals surface area (Å²) in [7, 11) is 0. The summed E-state index contributed by atoms with van der Waals surface area (Å²) in [6.07, 6.45) is 6.66. The molecule has 0 unspecified atom stereocenters. The van der Waals surface area contributed by atoms with E-state index < -0.39 is 0 Å². The molecular formula is C14H19NS. The lowest BCUT2D eigenvalue weighted by Gasteiger charge is -2.10. The molecule has 1 saturated heterocycles. The lowest BCUT2D eigenvalue weighted by Crippen LogP contribution is -2.23. The van der Waals surface area contributed by atoms with E-state index in [-0.39, 0.29) is 0 Å². The number of fused-ring (bicyclic) bond motifs is 1. The molecule has 0 aromatic heterocycles. The van der Waals surface area contributed by atoms with E-state index in [0.717, 1.165) is 6.04 Å². The van der Waals surface area contributed by atoms with E-state index in [1.807, 2.05) is 11.8 Å². The van der Waals surface area contributed by atoms with Crippen LogP contribution >= 0.6 is 11.8 Å². The Morgan fingerprint density at radius 3 is 3.00 bits per heavy atom. The van der Waals surface area contributed by atoms with Gasteiger partial charge in [-0.2, -0.15) is 0 Å². The smallest absolute Gasteiger partial charge is 0.0162 e. The van der Waals surface area contributed by atoms with E-state index in [9.17, 15) is 0 Å². The van der Waals surface area contributed by atoms with Crippen LogP contribution in [0, 0.1) is 0 Å². The molecular weight excluding hydrogens is 214 g/mol. The maximum atomic E-state index is 3.56. The van der Waals surface area contributed by atoms with Gasteiger partial charge in [-0.1, -0.05) is 6.07 Å². The molecule has 0 radical (unpaired) electrons. The highest BCUT2D eigenvalue weighted by Gasteiger charge is 2.15. The van der Waals surface area contributed by atoms with Crippen molar-refractivity contribution in [2.75, 3.05) is 12.3 Å². The lowest BCUT2D eigenvalue weighted by atomic mass is 10.1. The second-order valence-electron chi connectivity index (χ2n) is 4.89. The summed E-state index contributed by atoms with van der Waals surface area (Å²) >= 11 is 2.02. The average Bonchev–Trinajstić information content (AvgIpc) is 2.97. The van der Waals surface area contributed by atoms with Gasteiger partial charge in [-0.15, -0.1) is 11.8 Å². The molecule has 86 valence electrons. The van der Waals surface area contributed by atoms with Crippen LogP contribution < -0.4 is 5.32 Å². The van der Waals surface area contributed by atoms with Gasteiger partial charge in [0, 0.05) is 16.7 Å². The van der Waals surface area contributed by atoms with Crippen LogP contribution in [-0.2, 0) is 12.8 Å². The third-order valence-electron chi connectivity index (χ3n) is 3.68. The fourth-order valence-electron chi connectivity index (χ4n) is 2.73. The molecule has 1 aliphatic heterocycles. The minimum Gasteiger partial charge on any atom is -0.313 e. The molecule has 0 saturated carbocycles. The minimum atomic E-state index is 0.748. The minimum absolute atomic E-state index is 0.748. The van der Waals surface area contributed by atoms with Crippen LogP contribution in [-0.4, -0.2) is 18.3 Å². The molecule has 2 heteroatoms. The first kappa shape index (κ1) is 10.7. The van der Waals surface area contributed by atoms with Crippen LogP contribution in [0.1, 0.15) is 30.4 Å². The fraction of sp³-hybridized carbons (Fsp3) is 0.571. The monoisotopic (exact) mass is 233 g/mol. The molecule has 1 N–H and O–H groups in total. The van der Waals surface area contributed by atoms with Crippen LogP contribution in [0.25, 0.3) is 0 Å². The Morgan fingerprint density at radius 2 is 2.12 bits per heavy atom. The summed E-state index contributed by atoms with van der Waals surface area (Å²) in [5.74, 6) is 1.23. The van der Waals surface area contributed by atoms with Crippen molar-refractivity contribution in [3.8, 4) is 0 Å². The second kappa shape index (κ2) is 4.80. The average molecular weight is 233 g/mol. The zero-order chi connectivity index (χ0) is 10.8. The molecule has 1 aromatic carbocycles. The van der Waals surface area contributed by atoms with Crippen molar-refractivity contribution in [1.82, 2.24) is 5.32 Å². The van der Waals surface area contributed by atoms with Crippen molar-refractivity contribution in [3.05, 3.63) is 29.3 Å². The van der Waals surface area contributed by atoms with Crippen molar-refractivity contribution in [2.24, 2.45) is 0 Å². The van der Waals surface area contributed by atoms with Gasteiger partial charge in [0.1, 0.15) is 0 Å². The van der Waals surface area contributed by atoms with E-state index in [0.29, 0.717) is 0 Å². The molecule has 16 heavy (non-hydrogen) atoms. The summed E-state index contributed by atoms with van der Waals surface area (Å²) in [6, 6.07) is 7.82. The van der Waals surface area contributed by atoms with Crippen LogP contribution in [0.15, 0.2) is 23.1 Å². The van der Waals surface area contributed by atoms with E-state index >= 15 is 0 Å². The molecule has 0 bridgehead atoms. The van der Waals surface area contributed by atoms with Gasteiger partial charge in [0.15, 0.2) is 0 Å². The molecule has 0 amide bonds. The topological polar surface area (TPSA) is 12.0 Å². The van der Waals surface area contributed by atoms with Crippen molar-refractivity contribution in [2.45, 2.75) is 43.0 Å². The predicted octanol–water partition coefficient (Wildman–Crippen LogP) is 3.02. The third kappa shape index (κ3) is 2.28. The molecule has 1 heterocycles. The van der Waals surface area contributed by atoms with E-state index in [2.05, 4.69) is 23.5 Å². The van der Waals surface area contributed by atoms with E-state index in [1.54, 1.807) is 11.1 Å². The number of nitrogens with one attached hydrogen (secondary N) is 1. The molecule has 1 fully saturated rings. The first-order valence-corrected chi connectivity index (χ1v) is 7.38. The number of benzene rings is 1. The highest BCUT2D eigenvalue weighted by Crippen LogP contribution is 2.28. The third-order valence-corrected chi connectivity index (χ3v) is 4.84. The van der Waals surface area contributed by atoms with Crippen LogP contribution in [0.2, 0.25) is 0 Å². The first-order valence-electron chi connectivity index (χ1n) is 6.40. The quantitative estimate of drug-likeness (QED) is 0.805. The largest absolute Gasteiger partial charge is 0.313 e. The van der Waals surface area contributed by atoms with Crippen LogP contribution in [0.4, 0.5) is 0 Å². The molecule has 0 spiro atoms. The Hall–Kier alpha value is -0.470. The fourth-order valence-corrected chi connectivity index (χ4v) is 3.80. The standard InChI is InChI=1S/C14H19NS/c1-3-11-6-7-14(9-12(11)4-1)16-10-13-5-2-8-15-13/h6-7,9,13,15H,1-5,8,10H2/t13-/m1/s1. The SMILES string of the molecule is c1cc2c(cc1SC[C@H]1CCCN1)CCC2. The molecule has 3 rings (SSSR count). The maximum Gasteiger partial charge on any atom is 0.0162 e. The Morgan fingerprint density at radius 1 is 1.19 bits per heavy atom. The van der Waals surface area contributed by atoms with Gasteiger partial charge in [-0.25, -0.2) is 0 Å². The Kier molecular flexibility index (Phi) is 3.20. The van der Waals surface area contributed by atoms with E-state index in [1.165, 1.54) is 49.3 Å². The molecule has 2 aliphatic rings. The highest BCUT2D eigenvalue weighted by molar-refractivity contribution is 7.99. The normalized spacial score (nSPS) is 23.6. The van der Waals surface area contributed by atoms with Gasteiger partial charge in [-0.05, 0) is 61.9 Å². The summed E-state index contributed by atoms with van der Waals surface area (Å²) in [5, 5.41) is 3.56. The van der Waals surface area contributed by atoms with Crippen molar-refractivity contribution in [3.63, 3.8) is 0 Å². The number of hydrogen-bond acceptors (Lipinski definition) is 2. The van der Waals surface area contributed by atoms with E-state index in [4.69, 9.17) is 0 Å². The van der Waals surface area contributed by atoms with Gasteiger partial charge >= 0.3 is 0 Å². The zero-order valence-corrected chi connectivity index (χ0v) is 10.5. The Bertz CT molecular complexity index is 369. The number of thioether (sulfide) groups is 1. The van der Waals surface area contributed by atoms with Gasteiger partial charge in [0.2, 0.25) is 0 Å². The number of rotatable bonds is 3. The zero-order valence-electron chi connectivity index (χ0n) is 9.67. The summed E-state index contributed by atoms with van der Waals surface area (Å²) < 4.78 is 0. The number of hydrogen-bond donors (Lipinski definition) is 1. The highest BCUT2D eigenvalue weighted by atomic mass is 32.2. The van der Waals surface area contributed by atoms with Crippen molar-refractivity contribution >= 4 is 11.8 Å². The van der Waals surface area contributed by atoms with Gasteiger partial charge in [0.05, 0.1) is 0 Å². The summed E-state index contributed by atoms with van der Waals surface area (Å²) in [5.41, 5.74) is 3.19. The molecule has 1 nitrogen and oxygen atoms in total. The van der Waals surface area contributed by atoms with Crippen molar-refractivity contribution in [1.29, 1.82) is 0 Å². The predicted molar refractivity (Wildman–Crippen MR) is 70.2 cm³/mol. The van der Waals surface area contributed by atoms with Gasteiger partial charge in [-0.3, -0.25) is 0 Å². The maximum absolute atomic E-state index is 3.56. The van der Waals surface area contributed by atoms with Crippen LogP contribution in [0.5, 0.6) is 0 Å². The first-order chi connectivity index (χ1) is 7.92. The van der Waals surface area contributed by atoms with Crippen LogP contribution in [0.3, 0.4) is 0 Å². The lowest BCUT2D eigenvalue weighted by molar-refractivity contribution is 0.674. The van der Waals surface area contributed by atoms with Gasteiger partial charge < -0.3 is 5.32 Å². The summed E-state index contributed by atoms with van der Waals surface area (Å²) in [6.45, 7) is 1.22. The molecule has 1 aliphatic carbocycles. The van der Waals surface area contributed by atoms with Gasteiger partial charge in [0.25, 0.3) is 0 Å². The summed E-state index contributed by atoms with van der Waals surface area (Å²) in [4.78, 5) is 1.47. The Labute approximate surface area is 102 Å².